The average Bonchev–Trinajstić information content (AvgIpc) is 3.04. The molecule has 2 amide bonds. The van der Waals surface area contributed by atoms with Crippen LogP contribution in [0.3, 0.4) is 0 Å². The van der Waals surface area contributed by atoms with Gasteiger partial charge >= 0.3 is 6.09 Å². The molecule has 0 unspecified atom stereocenters. The van der Waals surface area contributed by atoms with Crippen LogP contribution in [0.1, 0.15) is 28.9 Å². The highest BCUT2D eigenvalue weighted by molar-refractivity contribution is 5.95. The number of benzene rings is 1. The van der Waals surface area contributed by atoms with Crippen LogP contribution in [-0.2, 0) is 4.74 Å². The SMILES string of the molecule is COC(=O)N1CCC(NC(=O)c2cnn(-c3ccccc3)c2C)CC1. The maximum atomic E-state index is 12.6. The Morgan fingerprint density at radius 3 is 2.52 bits per heavy atom. The smallest absolute Gasteiger partial charge is 0.409 e. The molecule has 0 spiro atoms. The van der Waals surface area contributed by atoms with Gasteiger partial charge in [-0.15, -0.1) is 0 Å². The van der Waals surface area contributed by atoms with Crippen molar-refractivity contribution >= 4 is 12.0 Å². The quantitative estimate of drug-likeness (QED) is 0.927. The van der Waals surface area contributed by atoms with Gasteiger partial charge in [0.2, 0.25) is 0 Å². The second kappa shape index (κ2) is 7.38. The molecule has 1 aliphatic rings. The van der Waals surface area contributed by atoms with E-state index >= 15 is 0 Å². The number of carbonyl (C=O) groups is 2. The number of carbonyl (C=O) groups excluding carboxylic acids is 2. The minimum atomic E-state index is -0.315. The minimum Gasteiger partial charge on any atom is -0.453 e. The van der Waals surface area contributed by atoms with Crippen molar-refractivity contribution in [3.63, 3.8) is 0 Å². The van der Waals surface area contributed by atoms with Gasteiger partial charge in [-0.1, -0.05) is 18.2 Å². The topological polar surface area (TPSA) is 76.5 Å². The molecule has 0 saturated carbocycles. The lowest BCUT2D eigenvalue weighted by molar-refractivity contribution is 0.0891. The second-order valence-corrected chi connectivity index (χ2v) is 6.10. The van der Waals surface area contributed by atoms with Crippen LogP contribution in [-0.4, -0.2) is 52.9 Å². The Morgan fingerprint density at radius 2 is 1.88 bits per heavy atom. The lowest BCUT2D eigenvalue weighted by Crippen LogP contribution is -2.46. The fourth-order valence-electron chi connectivity index (χ4n) is 3.06. The summed E-state index contributed by atoms with van der Waals surface area (Å²) in [6.45, 7) is 3.05. The molecule has 7 heteroatoms. The first-order chi connectivity index (χ1) is 12.1. The number of aromatic nitrogens is 2. The molecule has 1 N–H and O–H groups in total. The van der Waals surface area contributed by atoms with Gasteiger partial charge < -0.3 is 15.0 Å². The number of nitrogens with one attached hydrogen (secondary N) is 1. The number of para-hydroxylation sites is 1. The van der Waals surface area contributed by atoms with Crippen LogP contribution in [0.15, 0.2) is 36.5 Å². The van der Waals surface area contributed by atoms with Gasteiger partial charge in [0.05, 0.1) is 30.3 Å². The summed E-state index contributed by atoms with van der Waals surface area (Å²) in [5.74, 6) is -0.129. The number of hydrogen-bond acceptors (Lipinski definition) is 4. The van der Waals surface area contributed by atoms with Crippen molar-refractivity contribution in [2.24, 2.45) is 0 Å². The fraction of sp³-hybridized carbons (Fsp3) is 0.389. The Bertz CT molecular complexity index is 749. The summed E-state index contributed by atoms with van der Waals surface area (Å²) in [5.41, 5.74) is 2.29. The maximum absolute atomic E-state index is 12.6. The van der Waals surface area contributed by atoms with E-state index in [0.717, 1.165) is 11.4 Å². The standard InChI is InChI=1S/C18H22N4O3/c1-13-16(12-19-22(13)15-6-4-3-5-7-15)17(23)20-14-8-10-21(11-9-14)18(24)25-2/h3-7,12,14H,8-11H2,1-2H3,(H,20,23). The van der Waals surface area contributed by atoms with Crippen molar-refractivity contribution in [3.8, 4) is 5.69 Å². The van der Waals surface area contributed by atoms with E-state index in [1.807, 2.05) is 37.3 Å². The van der Waals surface area contributed by atoms with Crippen molar-refractivity contribution in [1.82, 2.24) is 20.0 Å². The van der Waals surface area contributed by atoms with Crippen LogP contribution in [0.5, 0.6) is 0 Å². The molecular weight excluding hydrogens is 320 g/mol. The number of methoxy groups -OCH3 is 1. The zero-order valence-corrected chi connectivity index (χ0v) is 14.4. The normalized spacial score (nSPS) is 15.0. The second-order valence-electron chi connectivity index (χ2n) is 6.10. The van der Waals surface area contributed by atoms with E-state index in [4.69, 9.17) is 4.74 Å². The van der Waals surface area contributed by atoms with E-state index in [-0.39, 0.29) is 18.0 Å². The third kappa shape index (κ3) is 3.65. The molecule has 1 saturated heterocycles. The summed E-state index contributed by atoms with van der Waals surface area (Å²) >= 11 is 0. The number of nitrogens with zero attached hydrogens (tertiary/aromatic N) is 3. The Kier molecular flexibility index (Phi) is 5.02. The van der Waals surface area contributed by atoms with Crippen LogP contribution >= 0.6 is 0 Å². The molecule has 7 nitrogen and oxygen atoms in total. The van der Waals surface area contributed by atoms with E-state index in [1.165, 1.54) is 7.11 Å². The van der Waals surface area contributed by atoms with Gasteiger partial charge in [0.15, 0.2) is 0 Å². The van der Waals surface area contributed by atoms with E-state index in [1.54, 1.807) is 15.8 Å². The Hall–Kier alpha value is -2.83. The molecule has 2 heterocycles. The van der Waals surface area contributed by atoms with Gasteiger partial charge in [0.25, 0.3) is 5.91 Å². The lowest BCUT2D eigenvalue weighted by atomic mass is 10.0. The Labute approximate surface area is 146 Å². The molecule has 0 bridgehead atoms. The summed E-state index contributed by atoms with van der Waals surface area (Å²) in [5, 5.41) is 7.38. The predicted molar refractivity (Wildman–Crippen MR) is 92.8 cm³/mol. The van der Waals surface area contributed by atoms with Gasteiger partial charge in [-0.05, 0) is 31.9 Å². The lowest BCUT2D eigenvalue weighted by Gasteiger charge is -2.31. The van der Waals surface area contributed by atoms with Crippen LogP contribution in [0.4, 0.5) is 4.79 Å². The third-order valence-corrected chi connectivity index (χ3v) is 4.52. The molecule has 1 aliphatic heterocycles. The molecule has 1 aromatic heterocycles. The number of hydrogen-bond donors (Lipinski definition) is 1. The zero-order valence-electron chi connectivity index (χ0n) is 14.4. The van der Waals surface area contributed by atoms with Crippen LogP contribution in [0.25, 0.3) is 5.69 Å². The van der Waals surface area contributed by atoms with Gasteiger partial charge in [-0.3, -0.25) is 4.79 Å². The van der Waals surface area contributed by atoms with Gasteiger partial charge in [0, 0.05) is 19.1 Å². The number of rotatable bonds is 3. The van der Waals surface area contributed by atoms with Crippen molar-refractivity contribution < 1.29 is 14.3 Å². The fourth-order valence-corrected chi connectivity index (χ4v) is 3.06. The molecular formula is C18H22N4O3. The van der Waals surface area contributed by atoms with Crippen molar-refractivity contribution in [1.29, 1.82) is 0 Å². The molecule has 0 aliphatic carbocycles. The van der Waals surface area contributed by atoms with Gasteiger partial charge in [-0.25, -0.2) is 9.48 Å². The van der Waals surface area contributed by atoms with E-state index in [9.17, 15) is 9.59 Å². The van der Waals surface area contributed by atoms with Crippen molar-refractivity contribution in [2.45, 2.75) is 25.8 Å². The van der Waals surface area contributed by atoms with Crippen LogP contribution in [0, 0.1) is 6.92 Å². The van der Waals surface area contributed by atoms with E-state index in [0.29, 0.717) is 31.5 Å². The van der Waals surface area contributed by atoms with Crippen LogP contribution < -0.4 is 5.32 Å². The molecule has 3 rings (SSSR count). The number of likely N-dealkylation sites (tertiary alicyclic amines) is 1. The first-order valence-electron chi connectivity index (χ1n) is 8.34. The zero-order chi connectivity index (χ0) is 17.8. The van der Waals surface area contributed by atoms with Crippen LogP contribution in [0.2, 0.25) is 0 Å². The highest BCUT2D eigenvalue weighted by atomic mass is 16.5. The van der Waals surface area contributed by atoms with Crippen molar-refractivity contribution in [2.75, 3.05) is 20.2 Å². The first kappa shape index (κ1) is 17.0. The summed E-state index contributed by atoms with van der Waals surface area (Å²) in [4.78, 5) is 25.7. The average molecular weight is 342 g/mol. The number of piperidine rings is 1. The molecule has 132 valence electrons. The molecule has 1 fully saturated rings. The summed E-state index contributed by atoms with van der Waals surface area (Å²) in [7, 11) is 1.38. The molecule has 25 heavy (non-hydrogen) atoms. The minimum absolute atomic E-state index is 0.0490. The number of ether oxygens (including phenoxy) is 1. The molecule has 0 atom stereocenters. The monoisotopic (exact) mass is 342 g/mol. The highest BCUT2D eigenvalue weighted by Crippen LogP contribution is 2.16. The maximum Gasteiger partial charge on any atom is 0.409 e. The van der Waals surface area contributed by atoms with Gasteiger partial charge in [-0.2, -0.15) is 5.10 Å². The number of amides is 2. The first-order valence-corrected chi connectivity index (χ1v) is 8.34. The highest BCUT2D eigenvalue weighted by Gasteiger charge is 2.25. The molecule has 2 aromatic rings. The molecule has 1 aromatic carbocycles. The van der Waals surface area contributed by atoms with Crippen molar-refractivity contribution in [3.05, 3.63) is 47.8 Å². The largest absolute Gasteiger partial charge is 0.453 e. The van der Waals surface area contributed by atoms with E-state index < -0.39 is 0 Å². The Balaban J connectivity index is 1.63. The summed E-state index contributed by atoms with van der Waals surface area (Å²) in [6, 6.07) is 9.76. The summed E-state index contributed by atoms with van der Waals surface area (Å²) < 4.78 is 6.48. The van der Waals surface area contributed by atoms with Gasteiger partial charge in [0.1, 0.15) is 0 Å². The predicted octanol–water partition coefficient (Wildman–Crippen LogP) is 2.14. The third-order valence-electron chi connectivity index (χ3n) is 4.52. The summed E-state index contributed by atoms with van der Waals surface area (Å²) in [6.07, 6.45) is 2.71. The molecule has 0 radical (unpaired) electrons. The Morgan fingerprint density at radius 1 is 1.20 bits per heavy atom. The van der Waals surface area contributed by atoms with E-state index in [2.05, 4.69) is 10.4 Å².